The molecule has 6 heteroatoms. The van der Waals surface area contributed by atoms with Crippen LogP contribution in [0.3, 0.4) is 0 Å². The molecule has 0 atom stereocenters. The maximum absolute atomic E-state index is 12.6. The van der Waals surface area contributed by atoms with Gasteiger partial charge in [-0.3, -0.25) is 9.48 Å². The average Bonchev–Trinajstić information content (AvgIpc) is 2.99. The van der Waals surface area contributed by atoms with Gasteiger partial charge >= 0.3 is 0 Å². The van der Waals surface area contributed by atoms with Crippen molar-refractivity contribution in [1.82, 2.24) is 9.78 Å². The fraction of sp³-hybridized carbons (Fsp3) is 0.217. The third-order valence-electron chi connectivity index (χ3n) is 5.53. The van der Waals surface area contributed by atoms with Gasteiger partial charge in [-0.05, 0) is 54.1 Å². The minimum atomic E-state index is 0. The van der Waals surface area contributed by atoms with E-state index in [2.05, 4.69) is 6.07 Å². The van der Waals surface area contributed by atoms with Crippen molar-refractivity contribution < 1.29 is 9.53 Å². The molecular weight excluding hydrogens is 430 g/mol. The highest BCUT2D eigenvalue weighted by Gasteiger charge is 2.22. The smallest absolute Gasteiger partial charge is 0.181 e. The van der Waals surface area contributed by atoms with Crippen molar-refractivity contribution in [3.63, 3.8) is 0 Å². The Labute approximate surface area is 179 Å². The second-order valence-electron chi connectivity index (χ2n) is 7.31. The number of aromatic nitrogens is 2. The van der Waals surface area contributed by atoms with E-state index < -0.39 is 0 Å². The molecule has 1 aliphatic heterocycles. The van der Waals surface area contributed by atoms with Gasteiger partial charge in [-0.2, -0.15) is 5.10 Å². The molecule has 2 N–H and O–H groups in total. The molecule has 4 aromatic rings. The molecule has 5 nitrogen and oxygen atoms in total. The zero-order chi connectivity index (χ0) is 19.3. The quantitative estimate of drug-likeness (QED) is 0.414. The fourth-order valence-corrected chi connectivity index (χ4v) is 4.17. The number of carbonyl (C=O) groups excluding carboxylic acids is 1. The number of carbonyl (C=O) groups is 1. The minimum Gasteiger partial charge on any atom is -0.496 e. The lowest BCUT2D eigenvalue weighted by atomic mass is 9.97. The Morgan fingerprint density at radius 2 is 1.93 bits per heavy atom. The van der Waals surface area contributed by atoms with Gasteiger partial charge in [-0.1, -0.05) is 18.2 Å². The van der Waals surface area contributed by atoms with Gasteiger partial charge < -0.3 is 10.5 Å². The first-order valence-corrected chi connectivity index (χ1v) is 9.56. The number of aryl methyl sites for hydroxylation is 1. The lowest BCUT2D eigenvalue weighted by Gasteiger charge is -2.12. The number of Topliss-reactive ketones (excluding diaryl/α,β-unsaturated/α-hetero) is 1. The molecule has 0 saturated heterocycles. The van der Waals surface area contributed by atoms with Crippen LogP contribution in [0, 0.1) is 0 Å². The molecule has 2 heterocycles. The van der Waals surface area contributed by atoms with Gasteiger partial charge in [-0.15, -0.1) is 17.0 Å². The first kappa shape index (κ1) is 19.5. The Bertz CT molecular complexity index is 1250. The van der Waals surface area contributed by atoms with E-state index in [0.717, 1.165) is 63.6 Å². The van der Waals surface area contributed by atoms with Crippen LogP contribution < -0.4 is 10.5 Å². The molecule has 0 spiro atoms. The van der Waals surface area contributed by atoms with Crippen LogP contribution in [-0.4, -0.2) is 22.7 Å². The number of nitrogens with zero attached hydrogens (tertiary/aromatic N) is 2. The molecule has 3 aromatic carbocycles. The molecule has 0 amide bonds. The SMILES string of the molecule is Br.COc1cc2ccc3c4n(nc3c2cc1-c1cccc(N)c1)CCCCC4=O. The number of nitrogens with two attached hydrogens (primary N) is 1. The monoisotopic (exact) mass is 451 g/mol. The van der Waals surface area contributed by atoms with E-state index in [9.17, 15) is 4.79 Å². The van der Waals surface area contributed by atoms with E-state index in [1.165, 1.54) is 0 Å². The number of fused-ring (bicyclic) bond motifs is 5. The van der Waals surface area contributed by atoms with E-state index in [-0.39, 0.29) is 22.8 Å². The second-order valence-corrected chi connectivity index (χ2v) is 7.31. The van der Waals surface area contributed by atoms with Crippen molar-refractivity contribution in [2.75, 3.05) is 12.8 Å². The number of ketones is 1. The van der Waals surface area contributed by atoms with Gasteiger partial charge in [0, 0.05) is 35.0 Å². The molecule has 0 saturated carbocycles. The number of hydrogen-bond acceptors (Lipinski definition) is 4. The summed E-state index contributed by atoms with van der Waals surface area (Å²) in [5, 5.41) is 7.82. The Hall–Kier alpha value is -2.86. The highest BCUT2D eigenvalue weighted by Crippen LogP contribution is 2.38. The number of ether oxygens (including phenoxy) is 1. The Kier molecular flexibility index (Phi) is 5.04. The topological polar surface area (TPSA) is 70.1 Å². The molecule has 148 valence electrons. The number of nitrogen functional groups attached to an aromatic ring is 1. The molecule has 29 heavy (non-hydrogen) atoms. The number of rotatable bonds is 2. The average molecular weight is 452 g/mol. The van der Waals surface area contributed by atoms with Gasteiger partial charge in [0.15, 0.2) is 5.78 Å². The van der Waals surface area contributed by atoms with E-state index in [0.29, 0.717) is 12.1 Å². The van der Waals surface area contributed by atoms with Crippen molar-refractivity contribution in [3.05, 3.63) is 54.2 Å². The van der Waals surface area contributed by atoms with Crippen LogP contribution in [0.1, 0.15) is 29.8 Å². The highest BCUT2D eigenvalue weighted by atomic mass is 79.9. The summed E-state index contributed by atoms with van der Waals surface area (Å²) in [5.41, 5.74) is 10.3. The fourth-order valence-electron chi connectivity index (χ4n) is 4.17. The number of halogens is 1. The van der Waals surface area contributed by atoms with Crippen molar-refractivity contribution in [2.45, 2.75) is 25.8 Å². The Balaban J connectivity index is 0.00000205. The van der Waals surface area contributed by atoms with Crippen LogP contribution >= 0.6 is 17.0 Å². The predicted octanol–water partition coefficient (Wildman–Crippen LogP) is 5.39. The zero-order valence-electron chi connectivity index (χ0n) is 16.1. The van der Waals surface area contributed by atoms with Crippen molar-refractivity contribution in [1.29, 1.82) is 0 Å². The minimum absolute atomic E-state index is 0. The molecule has 0 bridgehead atoms. The summed E-state index contributed by atoms with van der Waals surface area (Å²) >= 11 is 0. The number of methoxy groups -OCH3 is 1. The normalized spacial score (nSPS) is 13.8. The van der Waals surface area contributed by atoms with Gasteiger partial charge in [0.25, 0.3) is 0 Å². The third-order valence-corrected chi connectivity index (χ3v) is 5.53. The summed E-state index contributed by atoms with van der Waals surface area (Å²) in [5.74, 6) is 0.971. The van der Waals surface area contributed by atoms with E-state index >= 15 is 0 Å². The van der Waals surface area contributed by atoms with Crippen molar-refractivity contribution in [2.24, 2.45) is 0 Å². The summed E-state index contributed by atoms with van der Waals surface area (Å²) < 4.78 is 7.55. The molecule has 1 aromatic heterocycles. The van der Waals surface area contributed by atoms with Crippen LogP contribution in [0.4, 0.5) is 5.69 Å². The van der Waals surface area contributed by atoms with Gasteiger partial charge in [-0.25, -0.2) is 0 Å². The van der Waals surface area contributed by atoms with Crippen LogP contribution in [0.25, 0.3) is 32.8 Å². The lowest BCUT2D eigenvalue weighted by molar-refractivity contribution is 0.0978. The lowest BCUT2D eigenvalue weighted by Crippen LogP contribution is -2.06. The summed E-state index contributed by atoms with van der Waals surface area (Å²) in [7, 11) is 1.67. The third kappa shape index (κ3) is 3.17. The Morgan fingerprint density at radius 1 is 1.07 bits per heavy atom. The first-order valence-electron chi connectivity index (χ1n) is 9.56. The first-order chi connectivity index (χ1) is 13.7. The molecule has 0 unspecified atom stereocenters. The molecule has 0 fully saturated rings. The maximum Gasteiger partial charge on any atom is 0.181 e. The zero-order valence-corrected chi connectivity index (χ0v) is 17.9. The second kappa shape index (κ2) is 7.52. The van der Waals surface area contributed by atoms with E-state index in [1.807, 2.05) is 47.1 Å². The number of anilines is 1. The standard InChI is InChI=1S/C23H21N3O2.BrH/c1-28-21-12-15-8-9-17-22(25-26-10-3-2-7-20(27)23(17)26)19(15)13-18(21)14-5-4-6-16(24)11-14;/h4-6,8-9,11-13H,2-3,7,10,24H2,1H3;1H. The van der Waals surface area contributed by atoms with Gasteiger partial charge in [0.2, 0.25) is 0 Å². The summed E-state index contributed by atoms with van der Waals surface area (Å²) in [6, 6.07) is 16.0. The Morgan fingerprint density at radius 3 is 2.72 bits per heavy atom. The van der Waals surface area contributed by atoms with Crippen LogP contribution in [0.15, 0.2) is 48.5 Å². The highest BCUT2D eigenvalue weighted by molar-refractivity contribution is 8.93. The van der Waals surface area contributed by atoms with E-state index in [1.54, 1.807) is 7.11 Å². The summed E-state index contributed by atoms with van der Waals surface area (Å²) in [6.07, 6.45) is 2.50. The van der Waals surface area contributed by atoms with Gasteiger partial charge in [0.05, 0.1) is 7.11 Å². The van der Waals surface area contributed by atoms with Crippen LogP contribution in [0.5, 0.6) is 5.75 Å². The number of hydrogen-bond donors (Lipinski definition) is 1. The number of benzene rings is 3. The molecular formula is C23H22BrN3O2. The van der Waals surface area contributed by atoms with Crippen molar-refractivity contribution >= 4 is 50.1 Å². The molecule has 0 aliphatic carbocycles. The van der Waals surface area contributed by atoms with E-state index in [4.69, 9.17) is 15.6 Å². The molecule has 0 radical (unpaired) electrons. The van der Waals surface area contributed by atoms with Crippen LogP contribution in [-0.2, 0) is 6.54 Å². The summed E-state index contributed by atoms with van der Waals surface area (Å²) in [6.45, 7) is 0.787. The summed E-state index contributed by atoms with van der Waals surface area (Å²) in [4.78, 5) is 12.6. The molecule has 5 rings (SSSR count). The van der Waals surface area contributed by atoms with Gasteiger partial charge in [0.1, 0.15) is 17.0 Å². The maximum atomic E-state index is 12.6. The largest absolute Gasteiger partial charge is 0.496 e. The molecule has 1 aliphatic rings. The van der Waals surface area contributed by atoms with Crippen LogP contribution in [0.2, 0.25) is 0 Å². The van der Waals surface area contributed by atoms with Crippen molar-refractivity contribution in [3.8, 4) is 16.9 Å². The predicted molar refractivity (Wildman–Crippen MR) is 122 cm³/mol.